The molecule has 8 heteroatoms. The summed E-state index contributed by atoms with van der Waals surface area (Å²) in [7, 11) is -0.250. The monoisotopic (exact) mass is 134 g/mol. The first-order chi connectivity index (χ1) is 1.41. The van der Waals surface area contributed by atoms with Crippen LogP contribution in [0.3, 0.4) is 0 Å². The minimum absolute atomic E-state index is 0. The zero-order valence-corrected chi connectivity index (χ0v) is 3.93. The molecule has 0 fully saturated rings. The van der Waals surface area contributed by atoms with Gasteiger partial charge in [-0.05, 0) is 0 Å². The van der Waals surface area contributed by atoms with Crippen molar-refractivity contribution in [3.05, 3.63) is 0 Å². The Labute approximate surface area is 45.8 Å². The van der Waals surface area contributed by atoms with Gasteiger partial charge < -0.3 is 27.4 Å². The van der Waals surface area contributed by atoms with Gasteiger partial charge in [0.15, 0.2) is 0 Å². The Bertz CT molecular complexity index is 11.9. The quantitative estimate of drug-likeness (QED) is 0.323. The Balaban J connectivity index is -0.00000000200. The first-order valence-electron chi connectivity index (χ1n) is 0.494. The molecule has 11 N–H and O–H groups in total. The molecular formula is H11BO7. The maximum atomic E-state index is 8.36. The molecule has 8 heavy (non-hydrogen) atoms. The summed E-state index contributed by atoms with van der Waals surface area (Å²) >= 11 is 0. The second-order valence-electron chi connectivity index (χ2n) is 0.105. The van der Waals surface area contributed by atoms with Crippen molar-refractivity contribution < 1.29 is 37.1 Å². The van der Waals surface area contributed by atoms with Gasteiger partial charge in [-0.25, -0.2) is 0 Å². The van der Waals surface area contributed by atoms with Crippen LogP contribution in [-0.4, -0.2) is 39.8 Å². The van der Waals surface area contributed by atoms with Crippen molar-refractivity contribution in [2.24, 2.45) is 0 Å². The van der Waals surface area contributed by atoms with Gasteiger partial charge in [0.05, 0.1) is 0 Å². The van der Waals surface area contributed by atoms with E-state index in [-0.39, 0.29) is 34.7 Å². The normalized spacial score (nSPS) is 1.00. The molecule has 0 bridgehead atoms. The van der Waals surface area contributed by atoms with E-state index in [0.717, 1.165) is 0 Å². The van der Waals surface area contributed by atoms with Crippen LogP contribution in [0.5, 0.6) is 0 Å². The topological polar surface area (TPSA) is 195 Å². The maximum absolute atomic E-state index is 8.36. The zero-order chi connectivity index (χ0) is 2.71. The second kappa shape index (κ2) is 893. The second-order valence-corrected chi connectivity index (χ2v) is 0.105. The van der Waals surface area contributed by atoms with E-state index in [9.17, 15) is 0 Å². The zero-order valence-electron chi connectivity index (χ0n) is 3.93. The van der Waals surface area contributed by atoms with Gasteiger partial charge >= 0.3 is 17.1 Å². The molecule has 56 valence electrons. The first kappa shape index (κ1) is 145. The Hall–Kier alpha value is -0.535. The van der Waals surface area contributed by atoms with Crippen molar-refractivity contribution in [1.82, 2.24) is 0 Å². The molecule has 0 aliphatic heterocycles. The Morgan fingerprint density at radius 1 is 0.875 bits per heavy atom. The first-order valence-corrected chi connectivity index (χ1v) is 0.494. The summed E-state index contributed by atoms with van der Waals surface area (Å²) in [5.74, 6) is 0. The van der Waals surface area contributed by atoms with Gasteiger partial charge in [-0.2, -0.15) is 0 Å². The fourth-order valence-corrected chi connectivity index (χ4v) is 0. The fraction of sp³-hybridized carbons (Fsp3) is 0. The molecule has 0 aromatic carbocycles. The van der Waals surface area contributed by atoms with Crippen molar-refractivity contribution in [2.45, 2.75) is 0 Å². The minimum atomic E-state index is -0.250. The van der Waals surface area contributed by atoms with Crippen molar-refractivity contribution >= 4 is 7.35 Å². The molecule has 0 aromatic heterocycles. The predicted molar refractivity (Wildman–Crippen MR) is 26.7 cm³/mol. The van der Waals surface area contributed by atoms with Gasteiger partial charge in [-0.1, -0.05) is 0 Å². The standard InChI is InChI=1S/BHO2.5H2O/c2-1-3;;;;;/h2H;5*1H2. The third-order valence-electron chi connectivity index (χ3n) is 0. The van der Waals surface area contributed by atoms with E-state index in [1.54, 1.807) is 0 Å². The van der Waals surface area contributed by atoms with E-state index < -0.39 is 0 Å². The third kappa shape index (κ3) is 381. The Morgan fingerprint density at radius 2 is 0.875 bits per heavy atom. The van der Waals surface area contributed by atoms with E-state index in [1.807, 2.05) is 0 Å². The van der Waals surface area contributed by atoms with Crippen LogP contribution >= 0.6 is 0 Å². The number of hydrogen-bond donors (Lipinski definition) is 1. The molecule has 0 aliphatic carbocycles. The summed E-state index contributed by atoms with van der Waals surface area (Å²) in [6.45, 7) is 0. The van der Waals surface area contributed by atoms with Crippen LogP contribution in [0.4, 0.5) is 0 Å². The van der Waals surface area contributed by atoms with Gasteiger partial charge in [0, 0.05) is 0 Å². The molecule has 0 unspecified atom stereocenters. The Morgan fingerprint density at radius 3 is 0.875 bits per heavy atom. The molecule has 0 amide bonds. The average Bonchev–Trinajstić information content (AvgIpc) is 0.918. The van der Waals surface area contributed by atoms with Gasteiger partial charge in [0.25, 0.3) is 0 Å². The van der Waals surface area contributed by atoms with Crippen LogP contribution in [-0.2, 0) is 4.70 Å². The summed E-state index contributed by atoms with van der Waals surface area (Å²) < 4.78 is 8.36. The molecule has 0 heterocycles. The molecule has 0 aliphatic rings. The summed E-state index contributed by atoms with van der Waals surface area (Å²) in [5.41, 5.74) is 0. The fourth-order valence-electron chi connectivity index (χ4n) is 0. The molecular weight excluding hydrogens is 123 g/mol. The summed E-state index contributed by atoms with van der Waals surface area (Å²) in [6, 6.07) is 0. The number of rotatable bonds is 0. The Kier molecular flexibility index (Phi) is 16200. The molecule has 0 atom stereocenters. The van der Waals surface area contributed by atoms with Crippen LogP contribution in [0.15, 0.2) is 0 Å². The van der Waals surface area contributed by atoms with Gasteiger partial charge in [0.2, 0.25) is 0 Å². The summed E-state index contributed by atoms with van der Waals surface area (Å²) in [6.07, 6.45) is 0. The summed E-state index contributed by atoms with van der Waals surface area (Å²) in [4.78, 5) is 0. The molecule has 0 aromatic rings. The van der Waals surface area contributed by atoms with Crippen LogP contribution in [0.25, 0.3) is 0 Å². The van der Waals surface area contributed by atoms with Crippen molar-refractivity contribution in [3.63, 3.8) is 0 Å². The van der Waals surface area contributed by atoms with Crippen LogP contribution in [0.2, 0.25) is 0 Å². The molecule has 0 radical (unpaired) electrons. The van der Waals surface area contributed by atoms with Crippen molar-refractivity contribution in [1.29, 1.82) is 0 Å². The van der Waals surface area contributed by atoms with E-state index in [2.05, 4.69) is 0 Å². The number of hydrogen-bond acceptors (Lipinski definition) is 1. The molecule has 0 saturated heterocycles. The van der Waals surface area contributed by atoms with Crippen molar-refractivity contribution in [3.8, 4) is 0 Å². The molecule has 0 rings (SSSR count). The van der Waals surface area contributed by atoms with Crippen LogP contribution < -0.4 is 0 Å². The van der Waals surface area contributed by atoms with Crippen molar-refractivity contribution in [2.75, 3.05) is 0 Å². The SMILES string of the molecule is O.O.O.O.O.O=BO. The predicted octanol–water partition coefficient (Wildman–Crippen LogP) is -5.18. The van der Waals surface area contributed by atoms with E-state index >= 15 is 0 Å². The third-order valence-corrected chi connectivity index (χ3v) is 0. The van der Waals surface area contributed by atoms with Gasteiger partial charge in [-0.3, -0.25) is 0 Å². The van der Waals surface area contributed by atoms with Crippen LogP contribution in [0, 0.1) is 0 Å². The van der Waals surface area contributed by atoms with E-state index in [0.29, 0.717) is 0 Å². The molecule has 0 saturated carbocycles. The molecule has 7 nitrogen and oxygen atoms in total. The van der Waals surface area contributed by atoms with E-state index in [1.165, 1.54) is 0 Å². The molecule has 0 spiro atoms. The van der Waals surface area contributed by atoms with E-state index in [4.69, 9.17) is 9.73 Å². The summed E-state index contributed by atoms with van der Waals surface area (Å²) in [5, 5.41) is 6.89. The average molecular weight is 134 g/mol. The van der Waals surface area contributed by atoms with Gasteiger partial charge in [-0.15, -0.1) is 0 Å². The van der Waals surface area contributed by atoms with Gasteiger partial charge in [0.1, 0.15) is 0 Å². The van der Waals surface area contributed by atoms with Crippen LogP contribution in [0.1, 0.15) is 0 Å².